The van der Waals surface area contributed by atoms with E-state index in [0.29, 0.717) is 40.3 Å². The first-order valence-electron chi connectivity index (χ1n) is 10.3. The highest BCUT2D eigenvalue weighted by Gasteiger charge is 2.38. The lowest BCUT2D eigenvalue weighted by atomic mass is 10.0. The fourth-order valence-corrected chi connectivity index (χ4v) is 3.70. The number of rotatable bonds is 7. The number of halogens is 1. The molecule has 0 aliphatic heterocycles. The number of hydrogen-bond donors (Lipinski definition) is 1. The average Bonchev–Trinajstić information content (AvgIpc) is 3.14. The van der Waals surface area contributed by atoms with Crippen molar-refractivity contribution >= 4 is 22.7 Å². The van der Waals surface area contributed by atoms with Crippen LogP contribution in [0.3, 0.4) is 0 Å². The zero-order valence-corrected chi connectivity index (χ0v) is 17.4. The van der Waals surface area contributed by atoms with Crippen LogP contribution in [0.2, 0.25) is 0 Å². The van der Waals surface area contributed by atoms with Crippen molar-refractivity contribution in [3.8, 4) is 5.69 Å². The van der Waals surface area contributed by atoms with Crippen molar-refractivity contribution in [2.45, 2.75) is 45.1 Å². The van der Waals surface area contributed by atoms with Gasteiger partial charge in [-0.25, -0.2) is 19.0 Å². The van der Waals surface area contributed by atoms with Gasteiger partial charge in [0.2, 0.25) is 5.71 Å². The summed E-state index contributed by atoms with van der Waals surface area (Å²) in [5, 5.41) is 8.37. The molecule has 7 nitrogen and oxygen atoms in total. The van der Waals surface area contributed by atoms with Gasteiger partial charge in [0.1, 0.15) is 23.7 Å². The molecule has 3 heterocycles. The van der Waals surface area contributed by atoms with Gasteiger partial charge in [-0.2, -0.15) is 5.10 Å². The van der Waals surface area contributed by atoms with Crippen molar-refractivity contribution in [3.05, 3.63) is 65.7 Å². The molecule has 1 aliphatic rings. The van der Waals surface area contributed by atoms with Gasteiger partial charge in [-0.3, -0.25) is 4.79 Å². The zero-order chi connectivity index (χ0) is 21.6. The molecule has 1 aliphatic carbocycles. The van der Waals surface area contributed by atoms with Crippen LogP contribution in [0.1, 0.15) is 47.9 Å². The lowest BCUT2D eigenvalue weighted by molar-refractivity contribution is 0.0982. The molecule has 31 heavy (non-hydrogen) atoms. The lowest BCUT2D eigenvalue weighted by Gasteiger charge is -2.13. The third kappa shape index (κ3) is 3.81. The van der Waals surface area contributed by atoms with E-state index in [2.05, 4.69) is 27.3 Å². The van der Waals surface area contributed by atoms with Crippen LogP contribution in [-0.2, 0) is 6.42 Å². The second-order valence-corrected chi connectivity index (χ2v) is 8.32. The Hall–Kier alpha value is -3.55. The van der Waals surface area contributed by atoms with Crippen LogP contribution >= 0.6 is 0 Å². The predicted octanol–water partition coefficient (Wildman–Crippen LogP) is 4.64. The molecule has 1 N–H and O–H groups in total. The number of anilines is 1. The molecule has 0 unspecified atom stereocenters. The minimum absolute atomic E-state index is 0.0122. The van der Waals surface area contributed by atoms with Crippen LogP contribution in [0.5, 0.6) is 0 Å². The highest BCUT2D eigenvalue weighted by Crippen LogP contribution is 2.40. The monoisotopic (exact) mass is 419 g/mol. The molecule has 1 fully saturated rings. The third-order valence-corrected chi connectivity index (χ3v) is 5.71. The molecular weight excluding hydrogens is 397 g/mol. The Morgan fingerprint density at radius 3 is 2.94 bits per heavy atom. The lowest BCUT2D eigenvalue weighted by Crippen LogP contribution is -2.17. The van der Waals surface area contributed by atoms with Gasteiger partial charge in [0.15, 0.2) is 5.78 Å². The number of fused-ring (bicyclic) bond motifs is 1. The van der Waals surface area contributed by atoms with Gasteiger partial charge in [-0.1, -0.05) is 6.07 Å². The number of aryl methyl sites for hydroxylation is 2. The molecule has 1 saturated carbocycles. The summed E-state index contributed by atoms with van der Waals surface area (Å²) < 4.78 is 20.8. The van der Waals surface area contributed by atoms with Gasteiger partial charge in [-0.05, 0) is 56.9 Å². The largest absolute Gasteiger partial charge is 0.442 e. The Bertz CT molecular complexity index is 1290. The SMILES string of the molecule is Cc1oc2ncnc(NC3(C)CC3)c2c1C(=O)CCc1cnn(-c2cccc(F)c2)c1. The molecule has 5 rings (SSSR count). The van der Waals surface area contributed by atoms with Gasteiger partial charge in [-0.15, -0.1) is 0 Å². The van der Waals surface area contributed by atoms with Gasteiger partial charge < -0.3 is 9.73 Å². The van der Waals surface area contributed by atoms with Crippen molar-refractivity contribution < 1.29 is 13.6 Å². The van der Waals surface area contributed by atoms with Gasteiger partial charge in [0.05, 0.1) is 22.8 Å². The first kappa shape index (κ1) is 19.4. The Labute approximate surface area is 178 Å². The number of carbonyl (C=O) groups excluding carboxylic acids is 1. The van der Waals surface area contributed by atoms with Crippen LogP contribution in [0.15, 0.2) is 47.4 Å². The molecule has 0 spiro atoms. The molecule has 4 aromatic rings. The summed E-state index contributed by atoms with van der Waals surface area (Å²) in [6.07, 6.45) is 7.88. The van der Waals surface area contributed by atoms with Crippen LogP contribution in [0.4, 0.5) is 10.2 Å². The van der Waals surface area contributed by atoms with E-state index >= 15 is 0 Å². The number of hydrogen-bond acceptors (Lipinski definition) is 6. The fourth-order valence-electron chi connectivity index (χ4n) is 3.70. The number of ketones is 1. The smallest absolute Gasteiger partial charge is 0.232 e. The Kier molecular flexibility index (Phi) is 4.57. The summed E-state index contributed by atoms with van der Waals surface area (Å²) in [6, 6.07) is 6.22. The number of aromatic nitrogens is 4. The molecule has 1 aromatic carbocycles. The van der Waals surface area contributed by atoms with E-state index in [9.17, 15) is 9.18 Å². The van der Waals surface area contributed by atoms with Gasteiger partial charge >= 0.3 is 0 Å². The second-order valence-electron chi connectivity index (χ2n) is 8.32. The summed E-state index contributed by atoms with van der Waals surface area (Å²) in [4.78, 5) is 21.7. The Morgan fingerprint density at radius 1 is 1.32 bits per heavy atom. The van der Waals surface area contributed by atoms with Crippen LogP contribution in [0, 0.1) is 12.7 Å². The maximum absolute atomic E-state index is 13.5. The number of nitrogens with one attached hydrogen (secondary N) is 1. The minimum atomic E-state index is -0.321. The van der Waals surface area contributed by atoms with E-state index in [1.54, 1.807) is 29.9 Å². The topological polar surface area (TPSA) is 85.8 Å². The highest BCUT2D eigenvalue weighted by atomic mass is 19.1. The van der Waals surface area contributed by atoms with Crippen molar-refractivity contribution in [3.63, 3.8) is 0 Å². The number of carbonyl (C=O) groups is 1. The third-order valence-electron chi connectivity index (χ3n) is 5.71. The maximum atomic E-state index is 13.5. The van der Waals surface area contributed by atoms with Crippen LogP contribution in [0.25, 0.3) is 16.8 Å². The highest BCUT2D eigenvalue weighted by molar-refractivity contribution is 6.11. The second kappa shape index (κ2) is 7.30. The molecular formula is C23H22FN5O2. The van der Waals surface area contributed by atoms with Crippen molar-refractivity contribution in [1.82, 2.24) is 19.7 Å². The fraction of sp³-hybridized carbons (Fsp3) is 0.304. The van der Waals surface area contributed by atoms with Crippen LogP contribution in [-0.4, -0.2) is 31.1 Å². The number of Topliss-reactive ketones (excluding diaryl/α,β-unsaturated/α-hetero) is 1. The standard InChI is InChI=1S/C23H22FN5O2/c1-14-19(20-21(28-23(2)8-9-23)25-13-26-22(20)31-14)18(30)7-6-15-11-27-29(12-15)17-5-3-4-16(24)10-17/h3-5,10-13H,6-9H2,1-2H3,(H,25,26,28). The van der Waals surface area contributed by atoms with E-state index in [4.69, 9.17) is 4.42 Å². The molecule has 158 valence electrons. The first-order valence-corrected chi connectivity index (χ1v) is 10.3. The maximum Gasteiger partial charge on any atom is 0.232 e. The number of nitrogens with zero attached hydrogens (tertiary/aromatic N) is 4. The summed E-state index contributed by atoms with van der Waals surface area (Å²) in [7, 11) is 0. The molecule has 0 amide bonds. The van der Waals surface area contributed by atoms with Gasteiger partial charge in [0, 0.05) is 18.2 Å². The summed E-state index contributed by atoms with van der Waals surface area (Å²) in [6.45, 7) is 3.91. The summed E-state index contributed by atoms with van der Waals surface area (Å²) in [5.74, 6) is 0.830. The average molecular weight is 419 g/mol. The zero-order valence-electron chi connectivity index (χ0n) is 17.4. The molecule has 0 atom stereocenters. The van der Waals surface area contributed by atoms with Gasteiger partial charge in [0.25, 0.3) is 0 Å². The number of benzene rings is 1. The van der Waals surface area contributed by atoms with Crippen molar-refractivity contribution in [1.29, 1.82) is 0 Å². The molecule has 0 bridgehead atoms. The Balaban J connectivity index is 1.37. The van der Waals surface area contributed by atoms with Crippen molar-refractivity contribution in [2.75, 3.05) is 5.32 Å². The number of furan rings is 1. The van der Waals surface area contributed by atoms with E-state index in [0.717, 1.165) is 18.4 Å². The minimum Gasteiger partial charge on any atom is -0.442 e. The Morgan fingerprint density at radius 2 is 2.16 bits per heavy atom. The van der Waals surface area contributed by atoms with Crippen molar-refractivity contribution in [2.24, 2.45) is 0 Å². The first-order chi connectivity index (χ1) is 14.9. The van der Waals surface area contributed by atoms with E-state index < -0.39 is 0 Å². The van der Waals surface area contributed by atoms with E-state index in [-0.39, 0.29) is 23.6 Å². The van der Waals surface area contributed by atoms with E-state index in [1.165, 1.54) is 18.5 Å². The summed E-state index contributed by atoms with van der Waals surface area (Å²) >= 11 is 0. The molecule has 0 radical (unpaired) electrons. The summed E-state index contributed by atoms with van der Waals surface area (Å²) in [5.41, 5.74) is 2.48. The molecule has 0 saturated heterocycles. The quantitative estimate of drug-likeness (QED) is 0.440. The molecule has 8 heteroatoms. The predicted molar refractivity (Wildman–Crippen MR) is 114 cm³/mol. The van der Waals surface area contributed by atoms with E-state index in [1.807, 2.05) is 6.20 Å². The normalized spacial score (nSPS) is 14.7. The molecule has 3 aromatic heterocycles. The van der Waals surface area contributed by atoms with Crippen LogP contribution < -0.4 is 5.32 Å².